The van der Waals surface area contributed by atoms with E-state index in [4.69, 9.17) is 4.74 Å². The third-order valence-corrected chi connectivity index (χ3v) is 4.60. The molecule has 94 valence electrons. The molecule has 1 saturated carbocycles. The van der Waals surface area contributed by atoms with Gasteiger partial charge in [0.1, 0.15) is 0 Å². The van der Waals surface area contributed by atoms with Crippen LogP contribution in [-0.2, 0) is 4.74 Å². The maximum atomic E-state index is 6.30. The Morgan fingerprint density at radius 3 is 2.00 bits per heavy atom. The maximum Gasteiger partial charge on any atom is 0.0628 e. The first-order valence-electron chi connectivity index (χ1n) is 7.12. The first-order valence-corrected chi connectivity index (χ1v) is 7.12. The molecule has 1 aliphatic carbocycles. The molecule has 0 amide bonds. The van der Waals surface area contributed by atoms with Crippen molar-refractivity contribution in [1.82, 2.24) is 0 Å². The first-order chi connectivity index (χ1) is 7.47. The van der Waals surface area contributed by atoms with E-state index in [1.807, 2.05) is 0 Å². The summed E-state index contributed by atoms with van der Waals surface area (Å²) in [6, 6.07) is 0. The first kappa shape index (κ1) is 12.4. The van der Waals surface area contributed by atoms with Crippen LogP contribution >= 0.6 is 0 Å². The Balaban J connectivity index is 1.84. The Kier molecular flexibility index (Phi) is 3.63. The van der Waals surface area contributed by atoms with Crippen molar-refractivity contribution in [3.05, 3.63) is 0 Å². The third kappa shape index (κ3) is 2.80. The third-order valence-electron chi connectivity index (χ3n) is 4.60. The normalized spacial score (nSPS) is 41.2. The van der Waals surface area contributed by atoms with Crippen molar-refractivity contribution in [3.63, 3.8) is 0 Å². The van der Waals surface area contributed by atoms with Crippen LogP contribution in [0.25, 0.3) is 0 Å². The molecule has 1 saturated heterocycles. The second kappa shape index (κ2) is 4.68. The molecule has 1 aliphatic heterocycles. The van der Waals surface area contributed by atoms with Crippen LogP contribution in [-0.4, -0.2) is 12.2 Å². The summed E-state index contributed by atoms with van der Waals surface area (Å²) >= 11 is 0. The van der Waals surface area contributed by atoms with E-state index in [1.54, 1.807) is 0 Å². The van der Waals surface area contributed by atoms with Gasteiger partial charge < -0.3 is 4.74 Å². The molecule has 2 unspecified atom stereocenters. The highest BCUT2D eigenvalue weighted by molar-refractivity contribution is 4.87. The van der Waals surface area contributed by atoms with Gasteiger partial charge in [0.2, 0.25) is 0 Å². The fourth-order valence-corrected chi connectivity index (χ4v) is 3.30. The van der Waals surface area contributed by atoms with Gasteiger partial charge >= 0.3 is 0 Å². The Labute approximate surface area is 101 Å². The molecule has 0 aromatic heterocycles. The molecule has 0 N–H and O–H groups in total. The summed E-state index contributed by atoms with van der Waals surface area (Å²) in [5.41, 5.74) is 0.330. The maximum absolute atomic E-state index is 6.30. The van der Waals surface area contributed by atoms with E-state index in [1.165, 1.54) is 38.5 Å². The van der Waals surface area contributed by atoms with Gasteiger partial charge in [0.15, 0.2) is 0 Å². The molecule has 0 aromatic carbocycles. The van der Waals surface area contributed by atoms with Crippen LogP contribution in [0.15, 0.2) is 0 Å². The highest BCUT2D eigenvalue weighted by atomic mass is 16.5. The van der Waals surface area contributed by atoms with Gasteiger partial charge in [0, 0.05) is 0 Å². The summed E-state index contributed by atoms with van der Waals surface area (Å²) in [6.45, 7) is 9.32. The number of hydrogen-bond acceptors (Lipinski definition) is 1. The van der Waals surface area contributed by atoms with Gasteiger partial charge in [-0.15, -0.1) is 0 Å². The molecule has 0 spiro atoms. The monoisotopic (exact) mass is 224 g/mol. The SMILES string of the molecule is CC1CCC(C2CCC(C(C)(C)C)O2)CC1. The molecule has 1 heterocycles. The Hall–Kier alpha value is -0.0400. The van der Waals surface area contributed by atoms with E-state index in [0.717, 1.165) is 11.8 Å². The predicted octanol–water partition coefficient (Wildman–Crippen LogP) is 4.41. The predicted molar refractivity (Wildman–Crippen MR) is 68.5 cm³/mol. The lowest BCUT2D eigenvalue weighted by Gasteiger charge is -2.32. The Bertz CT molecular complexity index is 220. The van der Waals surface area contributed by atoms with Crippen LogP contribution in [0.2, 0.25) is 0 Å². The fraction of sp³-hybridized carbons (Fsp3) is 1.00. The molecule has 1 nitrogen and oxygen atoms in total. The lowest BCUT2D eigenvalue weighted by Crippen LogP contribution is -2.30. The van der Waals surface area contributed by atoms with Crippen molar-refractivity contribution < 1.29 is 4.74 Å². The number of hydrogen-bond donors (Lipinski definition) is 0. The van der Waals surface area contributed by atoms with E-state index in [0.29, 0.717) is 17.6 Å². The van der Waals surface area contributed by atoms with E-state index in [9.17, 15) is 0 Å². The van der Waals surface area contributed by atoms with Crippen LogP contribution in [0.3, 0.4) is 0 Å². The zero-order valence-corrected chi connectivity index (χ0v) is 11.5. The molecule has 1 heteroatoms. The zero-order valence-electron chi connectivity index (χ0n) is 11.5. The molecular weight excluding hydrogens is 196 g/mol. The van der Waals surface area contributed by atoms with Crippen molar-refractivity contribution in [2.24, 2.45) is 17.3 Å². The molecular formula is C15H28O. The van der Waals surface area contributed by atoms with Crippen LogP contribution < -0.4 is 0 Å². The second-order valence-corrected chi connectivity index (χ2v) is 7.13. The van der Waals surface area contributed by atoms with Gasteiger partial charge in [-0.1, -0.05) is 40.5 Å². The topological polar surface area (TPSA) is 9.23 Å². The number of rotatable bonds is 1. The van der Waals surface area contributed by atoms with Gasteiger partial charge in [0.25, 0.3) is 0 Å². The summed E-state index contributed by atoms with van der Waals surface area (Å²) in [4.78, 5) is 0. The van der Waals surface area contributed by atoms with Gasteiger partial charge in [-0.3, -0.25) is 0 Å². The van der Waals surface area contributed by atoms with Gasteiger partial charge in [-0.25, -0.2) is 0 Å². The quantitative estimate of drug-likeness (QED) is 0.641. The Morgan fingerprint density at radius 2 is 1.50 bits per heavy atom. The van der Waals surface area contributed by atoms with Crippen molar-refractivity contribution in [3.8, 4) is 0 Å². The zero-order chi connectivity index (χ0) is 11.8. The van der Waals surface area contributed by atoms with E-state index in [-0.39, 0.29) is 0 Å². The smallest absolute Gasteiger partial charge is 0.0628 e. The highest BCUT2D eigenvalue weighted by Crippen LogP contribution is 2.40. The van der Waals surface area contributed by atoms with Crippen molar-refractivity contribution in [2.45, 2.75) is 78.4 Å². The van der Waals surface area contributed by atoms with Gasteiger partial charge in [0.05, 0.1) is 12.2 Å². The molecule has 2 rings (SSSR count). The lowest BCUT2D eigenvalue weighted by molar-refractivity contribution is -0.0467. The van der Waals surface area contributed by atoms with Gasteiger partial charge in [-0.2, -0.15) is 0 Å². The van der Waals surface area contributed by atoms with Crippen LogP contribution in [0.5, 0.6) is 0 Å². The van der Waals surface area contributed by atoms with Crippen LogP contribution in [0.1, 0.15) is 66.2 Å². The van der Waals surface area contributed by atoms with E-state index in [2.05, 4.69) is 27.7 Å². The summed E-state index contributed by atoms with van der Waals surface area (Å²) < 4.78 is 6.30. The fourth-order valence-electron chi connectivity index (χ4n) is 3.30. The molecule has 16 heavy (non-hydrogen) atoms. The van der Waals surface area contributed by atoms with Crippen LogP contribution in [0.4, 0.5) is 0 Å². The molecule has 0 radical (unpaired) electrons. The summed E-state index contributed by atoms with van der Waals surface area (Å²) in [5.74, 6) is 1.82. The van der Waals surface area contributed by atoms with Crippen LogP contribution in [0, 0.1) is 17.3 Å². The molecule has 2 atom stereocenters. The lowest BCUT2D eigenvalue weighted by atomic mass is 9.79. The van der Waals surface area contributed by atoms with Crippen molar-refractivity contribution >= 4 is 0 Å². The van der Waals surface area contributed by atoms with Gasteiger partial charge in [-0.05, 0) is 42.9 Å². The minimum Gasteiger partial charge on any atom is -0.374 e. The minimum atomic E-state index is 0.330. The summed E-state index contributed by atoms with van der Waals surface area (Å²) in [5, 5.41) is 0. The van der Waals surface area contributed by atoms with E-state index < -0.39 is 0 Å². The summed E-state index contributed by atoms with van der Waals surface area (Å²) in [7, 11) is 0. The van der Waals surface area contributed by atoms with Crippen molar-refractivity contribution in [2.75, 3.05) is 0 Å². The van der Waals surface area contributed by atoms with E-state index >= 15 is 0 Å². The molecule has 0 aromatic rings. The minimum absolute atomic E-state index is 0.330. The number of ether oxygens (including phenoxy) is 1. The Morgan fingerprint density at radius 1 is 0.875 bits per heavy atom. The average molecular weight is 224 g/mol. The van der Waals surface area contributed by atoms with Crippen molar-refractivity contribution in [1.29, 1.82) is 0 Å². The largest absolute Gasteiger partial charge is 0.374 e. The molecule has 2 aliphatic rings. The average Bonchev–Trinajstić information content (AvgIpc) is 2.67. The second-order valence-electron chi connectivity index (χ2n) is 7.13. The summed E-state index contributed by atoms with van der Waals surface area (Å²) in [6.07, 6.45) is 9.32. The molecule has 2 fully saturated rings. The molecule has 0 bridgehead atoms. The standard InChI is InChI=1S/C15H28O/c1-11-5-7-12(8-6-11)13-9-10-14(16-13)15(2,3)4/h11-14H,5-10H2,1-4H3. The highest BCUT2D eigenvalue weighted by Gasteiger charge is 2.38.